The lowest BCUT2D eigenvalue weighted by Crippen LogP contribution is -2.19. The molecular weight excluding hydrogens is 290 g/mol. The lowest BCUT2D eigenvalue weighted by atomic mass is 10.1. The maximum absolute atomic E-state index is 4.66. The van der Waals surface area contributed by atoms with Crippen molar-refractivity contribution in [1.82, 2.24) is 14.9 Å². The van der Waals surface area contributed by atoms with Crippen LogP contribution in [0.3, 0.4) is 0 Å². The number of aromatic amines is 1. The molecule has 3 aromatic rings. The number of aromatic nitrogens is 2. The molecule has 0 bridgehead atoms. The van der Waals surface area contributed by atoms with E-state index in [9.17, 15) is 0 Å². The first-order valence-electron chi connectivity index (χ1n) is 7.90. The van der Waals surface area contributed by atoms with Crippen LogP contribution < -0.4 is 0 Å². The van der Waals surface area contributed by atoms with Gasteiger partial charge in [-0.15, -0.1) is 11.3 Å². The van der Waals surface area contributed by atoms with Crippen LogP contribution in [0.2, 0.25) is 0 Å². The number of benzene rings is 1. The molecule has 114 valence electrons. The standard InChI is InChI=1S/C18H21N3S/c1-12-4-3-5-17-16(12)8-15(20-17)10-21-7-6-14(9-21)18-19-13(2)11-22-18/h3-5,8,11,14,20H,6-7,9-10H2,1-2H3. The highest BCUT2D eigenvalue weighted by Gasteiger charge is 2.26. The van der Waals surface area contributed by atoms with E-state index in [0.717, 1.165) is 25.3 Å². The molecule has 1 N–H and O–H groups in total. The Balaban J connectivity index is 1.48. The highest BCUT2D eigenvalue weighted by Crippen LogP contribution is 2.30. The Kier molecular flexibility index (Phi) is 3.51. The van der Waals surface area contributed by atoms with Gasteiger partial charge in [-0.3, -0.25) is 4.90 Å². The molecule has 1 saturated heterocycles. The molecule has 4 heteroatoms. The first-order valence-corrected chi connectivity index (χ1v) is 8.78. The molecule has 0 amide bonds. The Hall–Kier alpha value is -1.65. The molecule has 1 atom stereocenters. The fourth-order valence-corrected chi connectivity index (χ4v) is 4.35. The summed E-state index contributed by atoms with van der Waals surface area (Å²) in [6.45, 7) is 7.56. The average molecular weight is 311 g/mol. The molecular formula is C18H21N3S. The monoisotopic (exact) mass is 311 g/mol. The number of thiazole rings is 1. The van der Waals surface area contributed by atoms with Crippen molar-refractivity contribution in [2.45, 2.75) is 32.7 Å². The van der Waals surface area contributed by atoms with Crippen molar-refractivity contribution in [1.29, 1.82) is 0 Å². The van der Waals surface area contributed by atoms with Gasteiger partial charge >= 0.3 is 0 Å². The molecule has 1 aromatic carbocycles. The van der Waals surface area contributed by atoms with E-state index >= 15 is 0 Å². The van der Waals surface area contributed by atoms with Crippen molar-refractivity contribution < 1.29 is 0 Å². The Morgan fingerprint density at radius 1 is 1.36 bits per heavy atom. The predicted octanol–water partition coefficient (Wildman–Crippen LogP) is 4.23. The second-order valence-corrected chi connectivity index (χ2v) is 7.27. The summed E-state index contributed by atoms with van der Waals surface area (Å²) in [5.41, 5.74) is 5.07. The van der Waals surface area contributed by atoms with Crippen molar-refractivity contribution in [2.24, 2.45) is 0 Å². The van der Waals surface area contributed by atoms with Gasteiger partial charge in [0, 0.05) is 46.7 Å². The smallest absolute Gasteiger partial charge is 0.0972 e. The maximum atomic E-state index is 4.66. The van der Waals surface area contributed by atoms with Crippen LogP contribution in [-0.4, -0.2) is 28.0 Å². The number of nitrogens with one attached hydrogen (secondary N) is 1. The Morgan fingerprint density at radius 3 is 3.05 bits per heavy atom. The number of fused-ring (bicyclic) bond motifs is 1. The highest BCUT2D eigenvalue weighted by molar-refractivity contribution is 7.09. The molecule has 0 radical (unpaired) electrons. The van der Waals surface area contributed by atoms with Gasteiger partial charge in [0.2, 0.25) is 0 Å². The zero-order valence-corrected chi connectivity index (χ0v) is 13.9. The molecule has 4 rings (SSSR count). The predicted molar refractivity (Wildman–Crippen MR) is 92.5 cm³/mol. The number of hydrogen-bond donors (Lipinski definition) is 1. The number of hydrogen-bond acceptors (Lipinski definition) is 3. The SMILES string of the molecule is Cc1csc(C2CCN(Cc3cc4c(C)cccc4[nH]3)C2)n1. The Bertz CT molecular complexity index is 802. The molecule has 0 spiro atoms. The highest BCUT2D eigenvalue weighted by atomic mass is 32.1. The summed E-state index contributed by atoms with van der Waals surface area (Å²) in [6, 6.07) is 8.77. The largest absolute Gasteiger partial charge is 0.357 e. The van der Waals surface area contributed by atoms with Gasteiger partial charge in [0.15, 0.2) is 0 Å². The van der Waals surface area contributed by atoms with Gasteiger partial charge in [0.25, 0.3) is 0 Å². The van der Waals surface area contributed by atoms with E-state index in [4.69, 9.17) is 0 Å². The number of rotatable bonds is 3. The van der Waals surface area contributed by atoms with Crippen LogP contribution in [0.1, 0.15) is 34.3 Å². The average Bonchev–Trinajstić information content (AvgIpc) is 3.19. The summed E-state index contributed by atoms with van der Waals surface area (Å²) in [6.07, 6.45) is 1.23. The van der Waals surface area contributed by atoms with Crippen molar-refractivity contribution >= 4 is 22.2 Å². The zero-order valence-electron chi connectivity index (χ0n) is 13.1. The molecule has 0 aliphatic carbocycles. The van der Waals surface area contributed by atoms with E-state index < -0.39 is 0 Å². The van der Waals surface area contributed by atoms with Gasteiger partial charge < -0.3 is 4.98 Å². The molecule has 1 unspecified atom stereocenters. The quantitative estimate of drug-likeness (QED) is 0.785. The van der Waals surface area contributed by atoms with Crippen LogP contribution in [0, 0.1) is 13.8 Å². The van der Waals surface area contributed by atoms with Gasteiger partial charge in [-0.05, 0) is 44.5 Å². The topological polar surface area (TPSA) is 31.9 Å². The lowest BCUT2D eigenvalue weighted by Gasteiger charge is -2.14. The molecule has 2 aromatic heterocycles. The third kappa shape index (κ3) is 2.57. The minimum absolute atomic E-state index is 0.616. The second-order valence-electron chi connectivity index (χ2n) is 6.38. The zero-order chi connectivity index (χ0) is 15.1. The van der Waals surface area contributed by atoms with Gasteiger partial charge in [-0.25, -0.2) is 4.98 Å². The molecule has 3 heterocycles. The molecule has 1 fully saturated rings. The first-order chi connectivity index (χ1) is 10.7. The lowest BCUT2D eigenvalue weighted by molar-refractivity contribution is 0.323. The summed E-state index contributed by atoms with van der Waals surface area (Å²) in [5, 5.41) is 4.83. The van der Waals surface area contributed by atoms with Crippen molar-refractivity contribution in [3.63, 3.8) is 0 Å². The fraction of sp³-hybridized carbons (Fsp3) is 0.389. The molecule has 3 nitrogen and oxygen atoms in total. The summed E-state index contributed by atoms with van der Waals surface area (Å²) < 4.78 is 0. The van der Waals surface area contributed by atoms with Crippen molar-refractivity contribution in [3.05, 3.63) is 51.6 Å². The van der Waals surface area contributed by atoms with Crippen LogP contribution in [0.15, 0.2) is 29.6 Å². The second kappa shape index (κ2) is 5.52. The van der Waals surface area contributed by atoms with Crippen LogP contribution in [-0.2, 0) is 6.54 Å². The minimum atomic E-state index is 0.616. The van der Waals surface area contributed by atoms with E-state index in [-0.39, 0.29) is 0 Å². The summed E-state index contributed by atoms with van der Waals surface area (Å²) in [4.78, 5) is 10.8. The van der Waals surface area contributed by atoms with Gasteiger partial charge in [0.1, 0.15) is 0 Å². The van der Waals surface area contributed by atoms with Crippen LogP contribution in [0.4, 0.5) is 0 Å². The molecule has 22 heavy (non-hydrogen) atoms. The van der Waals surface area contributed by atoms with E-state index in [1.54, 1.807) is 0 Å². The third-order valence-electron chi connectivity index (χ3n) is 4.59. The van der Waals surface area contributed by atoms with Gasteiger partial charge in [-0.1, -0.05) is 12.1 Å². The molecule has 1 aliphatic rings. The molecule has 1 aliphatic heterocycles. The van der Waals surface area contributed by atoms with Crippen molar-refractivity contribution in [3.8, 4) is 0 Å². The summed E-state index contributed by atoms with van der Waals surface area (Å²) in [7, 11) is 0. The van der Waals surface area contributed by atoms with E-state index in [1.807, 2.05) is 11.3 Å². The maximum Gasteiger partial charge on any atom is 0.0972 e. The fourth-order valence-electron chi connectivity index (χ4n) is 3.43. The van der Waals surface area contributed by atoms with E-state index in [2.05, 4.69) is 58.4 Å². The van der Waals surface area contributed by atoms with Gasteiger partial charge in [0.05, 0.1) is 5.01 Å². The number of nitrogens with zero attached hydrogens (tertiary/aromatic N) is 2. The van der Waals surface area contributed by atoms with E-state index in [0.29, 0.717) is 5.92 Å². The van der Waals surface area contributed by atoms with Crippen LogP contribution >= 0.6 is 11.3 Å². The van der Waals surface area contributed by atoms with Gasteiger partial charge in [-0.2, -0.15) is 0 Å². The first kappa shape index (κ1) is 14.0. The third-order valence-corrected chi connectivity index (χ3v) is 5.72. The molecule has 0 saturated carbocycles. The number of aryl methyl sites for hydroxylation is 2. The minimum Gasteiger partial charge on any atom is -0.357 e. The van der Waals surface area contributed by atoms with Crippen molar-refractivity contribution in [2.75, 3.05) is 13.1 Å². The Labute approximate surface area is 135 Å². The normalized spacial score (nSPS) is 19.3. The van der Waals surface area contributed by atoms with E-state index in [1.165, 1.54) is 33.6 Å². The van der Waals surface area contributed by atoms with Crippen LogP contribution in [0.25, 0.3) is 10.9 Å². The Morgan fingerprint density at radius 2 is 2.27 bits per heavy atom. The number of likely N-dealkylation sites (tertiary alicyclic amines) is 1. The summed E-state index contributed by atoms with van der Waals surface area (Å²) >= 11 is 1.82. The van der Waals surface area contributed by atoms with Crippen LogP contribution in [0.5, 0.6) is 0 Å². The summed E-state index contributed by atoms with van der Waals surface area (Å²) in [5.74, 6) is 0.616. The number of H-pyrrole nitrogens is 1.